The van der Waals surface area contributed by atoms with Crippen molar-refractivity contribution in [2.24, 2.45) is 0 Å². The molecule has 0 radical (unpaired) electrons. The number of hydrogen-bond donors (Lipinski definition) is 0. The number of carbonyl (C=O) groups is 4. The van der Waals surface area contributed by atoms with E-state index >= 15 is 0 Å². The van der Waals surface area contributed by atoms with Gasteiger partial charge in [-0.25, -0.2) is 0 Å². The molecule has 8 nitrogen and oxygen atoms in total. The van der Waals surface area contributed by atoms with Crippen molar-refractivity contribution in [3.8, 4) is 23.0 Å². The maximum absolute atomic E-state index is 11.8. The molecule has 0 atom stereocenters. The van der Waals surface area contributed by atoms with Crippen LogP contribution in [0.1, 0.15) is 77.3 Å². The molecule has 0 saturated heterocycles. The van der Waals surface area contributed by atoms with Crippen LogP contribution in [0.15, 0.2) is 36.4 Å². The van der Waals surface area contributed by atoms with E-state index in [1.807, 2.05) is 12.1 Å². The van der Waals surface area contributed by atoms with Crippen LogP contribution in [0.4, 0.5) is 0 Å². The molecule has 0 spiro atoms. The highest BCUT2D eigenvalue weighted by Gasteiger charge is 2.15. The van der Waals surface area contributed by atoms with Gasteiger partial charge in [-0.15, -0.1) is 0 Å². The van der Waals surface area contributed by atoms with Gasteiger partial charge in [0.25, 0.3) is 0 Å². The normalized spacial score (nSPS) is 10.4. The second-order valence-electron chi connectivity index (χ2n) is 8.08. The largest absolute Gasteiger partial charge is 0.423 e. The molecule has 2 aromatic rings. The molecular weight excluding hydrogens is 464 g/mol. The van der Waals surface area contributed by atoms with Crippen LogP contribution >= 0.6 is 0 Å². The monoisotopic (exact) mass is 498 g/mol. The maximum Gasteiger partial charge on any atom is 0.311 e. The molecule has 0 saturated carbocycles. The first-order valence-electron chi connectivity index (χ1n) is 12.4. The number of ether oxygens (including phenoxy) is 4. The van der Waals surface area contributed by atoms with Gasteiger partial charge in [0, 0.05) is 25.7 Å². The molecular formula is C28H34O8. The minimum Gasteiger partial charge on any atom is -0.423 e. The summed E-state index contributed by atoms with van der Waals surface area (Å²) in [6, 6.07) is 10.4. The quantitative estimate of drug-likeness (QED) is 0.202. The van der Waals surface area contributed by atoms with Crippen molar-refractivity contribution >= 4 is 23.9 Å². The molecule has 36 heavy (non-hydrogen) atoms. The summed E-state index contributed by atoms with van der Waals surface area (Å²) in [4.78, 5) is 47.0. The van der Waals surface area contributed by atoms with E-state index in [0.717, 1.165) is 36.8 Å². The standard InChI is InChI=1S/C28H34O8/c1-5-25(29)33-21-15-13-19(17-23(21)35-27(31)7-3)11-9-10-12-20-14-16-22(34-26(30)6-2)24(18-20)36-28(32)8-4/h13-18H,5-12H2,1-4H3. The predicted molar refractivity (Wildman–Crippen MR) is 133 cm³/mol. The molecule has 0 bridgehead atoms. The molecule has 0 fully saturated rings. The Balaban J connectivity index is 2.04. The van der Waals surface area contributed by atoms with Crippen molar-refractivity contribution in [1.29, 1.82) is 0 Å². The second-order valence-corrected chi connectivity index (χ2v) is 8.08. The van der Waals surface area contributed by atoms with Crippen LogP contribution in [0.25, 0.3) is 0 Å². The molecule has 194 valence electrons. The van der Waals surface area contributed by atoms with Crippen molar-refractivity contribution in [1.82, 2.24) is 0 Å². The average molecular weight is 499 g/mol. The van der Waals surface area contributed by atoms with Crippen LogP contribution in [0.2, 0.25) is 0 Å². The Hall–Kier alpha value is -3.68. The van der Waals surface area contributed by atoms with E-state index in [9.17, 15) is 19.2 Å². The Labute approximate surface area is 211 Å². The fourth-order valence-electron chi connectivity index (χ4n) is 3.18. The topological polar surface area (TPSA) is 105 Å². The second kappa shape index (κ2) is 14.7. The summed E-state index contributed by atoms with van der Waals surface area (Å²) in [6.07, 6.45) is 3.96. The molecule has 0 aromatic heterocycles. The highest BCUT2D eigenvalue weighted by molar-refractivity contribution is 5.77. The average Bonchev–Trinajstić information content (AvgIpc) is 2.88. The van der Waals surface area contributed by atoms with E-state index in [1.165, 1.54) is 0 Å². The third-order valence-corrected chi connectivity index (χ3v) is 5.25. The highest BCUT2D eigenvalue weighted by atomic mass is 16.6. The van der Waals surface area contributed by atoms with Crippen LogP contribution in [0.3, 0.4) is 0 Å². The van der Waals surface area contributed by atoms with E-state index in [-0.39, 0.29) is 48.7 Å². The van der Waals surface area contributed by atoms with Crippen LogP contribution in [0, 0.1) is 0 Å². The van der Waals surface area contributed by atoms with Gasteiger partial charge in [-0.05, 0) is 61.1 Å². The third kappa shape index (κ3) is 9.17. The summed E-state index contributed by atoms with van der Waals surface area (Å²) in [5, 5.41) is 0. The molecule has 0 unspecified atom stereocenters. The molecule has 2 rings (SSSR count). The Kier molecular flexibility index (Phi) is 11.6. The molecule has 0 N–H and O–H groups in total. The van der Waals surface area contributed by atoms with Crippen LogP contribution < -0.4 is 18.9 Å². The molecule has 0 aliphatic carbocycles. The SMILES string of the molecule is CCC(=O)Oc1ccc(CCCCc2ccc(OC(=O)CC)c(OC(=O)CC)c2)cc1OC(=O)CC. The summed E-state index contributed by atoms with van der Waals surface area (Å²) in [6.45, 7) is 6.77. The molecule has 2 aromatic carbocycles. The molecule has 0 aliphatic rings. The van der Waals surface area contributed by atoms with Gasteiger partial charge in [0.2, 0.25) is 0 Å². The van der Waals surface area contributed by atoms with Crippen LogP contribution in [-0.2, 0) is 32.0 Å². The lowest BCUT2D eigenvalue weighted by atomic mass is 10.0. The lowest BCUT2D eigenvalue weighted by Crippen LogP contribution is -2.11. The first-order chi connectivity index (χ1) is 17.3. The number of aryl methyl sites for hydroxylation is 2. The van der Waals surface area contributed by atoms with Gasteiger partial charge in [0.15, 0.2) is 23.0 Å². The van der Waals surface area contributed by atoms with Gasteiger partial charge in [-0.3, -0.25) is 19.2 Å². The van der Waals surface area contributed by atoms with Crippen molar-refractivity contribution in [2.75, 3.05) is 0 Å². The van der Waals surface area contributed by atoms with Crippen molar-refractivity contribution in [3.63, 3.8) is 0 Å². The summed E-state index contributed by atoms with van der Waals surface area (Å²) in [7, 11) is 0. The minimum atomic E-state index is -0.409. The zero-order valence-electron chi connectivity index (χ0n) is 21.4. The Morgan fingerprint density at radius 2 is 0.806 bits per heavy atom. The zero-order chi connectivity index (χ0) is 26.5. The van der Waals surface area contributed by atoms with Gasteiger partial charge in [-0.2, -0.15) is 0 Å². The van der Waals surface area contributed by atoms with Gasteiger partial charge in [0.1, 0.15) is 0 Å². The summed E-state index contributed by atoms with van der Waals surface area (Å²) in [5.74, 6) is -0.702. The van der Waals surface area contributed by atoms with E-state index in [2.05, 4.69) is 0 Å². The maximum atomic E-state index is 11.8. The summed E-state index contributed by atoms with van der Waals surface area (Å²) >= 11 is 0. The zero-order valence-corrected chi connectivity index (χ0v) is 21.4. The van der Waals surface area contributed by atoms with E-state index in [1.54, 1.807) is 52.0 Å². The van der Waals surface area contributed by atoms with Gasteiger partial charge in [0.05, 0.1) is 0 Å². The fraction of sp³-hybridized carbons (Fsp3) is 0.429. The number of esters is 4. The Bertz CT molecular complexity index is 988. The van der Waals surface area contributed by atoms with Gasteiger partial charge < -0.3 is 18.9 Å². The molecule has 0 aliphatic heterocycles. The fourth-order valence-corrected chi connectivity index (χ4v) is 3.18. The third-order valence-electron chi connectivity index (χ3n) is 5.25. The van der Waals surface area contributed by atoms with Crippen molar-refractivity contribution in [3.05, 3.63) is 47.5 Å². The van der Waals surface area contributed by atoms with Crippen LogP contribution in [-0.4, -0.2) is 23.9 Å². The number of carbonyl (C=O) groups excluding carboxylic acids is 4. The molecule has 0 heterocycles. The lowest BCUT2D eigenvalue weighted by molar-refractivity contribution is -0.136. The predicted octanol–water partition coefficient (Wildman–Crippen LogP) is 5.51. The summed E-state index contributed by atoms with van der Waals surface area (Å²) < 4.78 is 21.3. The van der Waals surface area contributed by atoms with Gasteiger partial charge >= 0.3 is 23.9 Å². The minimum absolute atomic E-state index is 0.206. The van der Waals surface area contributed by atoms with Gasteiger partial charge in [-0.1, -0.05) is 39.8 Å². The first-order valence-corrected chi connectivity index (χ1v) is 12.4. The molecule has 8 heteroatoms. The smallest absolute Gasteiger partial charge is 0.311 e. The van der Waals surface area contributed by atoms with E-state index in [0.29, 0.717) is 0 Å². The van der Waals surface area contributed by atoms with Crippen molar-refractivity contribution in [2.45, 2.75) is 79.1 Å². The Morgan fingerprint density at radius 3 is 1.11 bits per heavy atom. The van der Waals surface area contributed by atoms with Crippen molar-refractivity contribution < 1.29 is 38.1 Å². The van der Waals surface area contributed by atoms with Crippen LogP contribution in [0.5, 0.6) is 23.0 Å². The van der Waals surface area contributed by atoms with E-state index < -0.39 is 23.9 Å². The number of hydrogen-bond acceptors (Lipinski definition) is 8. The van der Waals surface area contributed by atoms with E-state index in [4.69, 9.17) is 18.9 Å². The lowest BCUT2D eigenvalue weighted by Gasteiger charge is -2.12. The number of benzene rings is 2. The number of rotatable bonds is 13. The number of unbranched alkanes of at least 4 members (excludes halogenated alkanes) is 1. The summed E-state index contributed by atoms with van der Waals surface area (Å²) in [5.41, 5.74) is 1.90. The first kappa shape index (κ1) is 28.6. The highest BCUT2D eigenvalue weighted by Crippen LogP contribution is 2.31. The Morgan fingerprint density at radius 1 is 0.500 bits per heavy atom. The molecule has 0 amide bonds.